The molecular weight excluding hydrogens is 319 g/mol. The molecule has 1 aliphatic carbocycles. The third-order valence-electron chi connectivity index (χ3n) is 4.25. The highest BCUT2D eigenvalue weighted by Gasteiger charge is 2.27. The van der Waals surface area contributed by atoms with E-state index < -0.39 is 10.0 Å². The monoisotopic (exact) mass is 338 g/mol. The first-order valence-electron chi connectivity index (χ1n) is 7.64. The van der Waals surface area contributed by atoms with E-state index >= 15 is 0 Å². The summed E-state index contributed by atoms with van der Waals surface area (Å²) in [5.41, 5.74) is 1.16. The fraction of sp³-hybridized carbons (Fsp3) is 0.438. The number of hydrogen-bond donors (Lipinski definition) is 1. The van der Waals surface area contributed by atoms with Crippen LogP contribution >= 0.6 is 0 Å². The second-order valence-corrected chi connectivity index (χ2v) is 7.80. The maximum absolute atomic E-state index is 12.9. The maximum Gasteiger partial charge on any atom is 0.219 e. The number of halogens is 1. The molecule has 1 saturated carbocycles. The molecule has 0 spiro atoms. The predicted octanol–water partition coefficient (Wildman–Crippen LogP) is 3.09. The van der Waals surface area contributed by atoms with Gasteiger partial charge in [0.1, 0.15) is 17.3 Å². The summed E-state index contributed by atoms with van der Waals surface area (Å²) < 4.78 is 45.1. The average Bonchev–Trinajstić information content (AvgIpc) is 2.84. The Bertz CT molecular complexity index is 767. The topological polar surface area (TPSA) is 72.2 Å². The Morgan fingerprint density at radius 1 is 1.35 bits per heavy atom. The van der Waals surface area contributed by atoms with E-state index in [1.165, 1.54) is 18.6 Å². The first-order chi connectivity index (χ1) is 10.9. The molecule has 0 radical (unpaired) electrons. The van der Waals surface area contributed by atoms with Crippen LogP contribution in [-0.4, -0.2) is 19.6 Å². The Hall–Kier alpha value is -1.73. The van der Waals surface area contributed by atoms with Gasteiger partial charge in [0, 0.05) is 17.7 Å². The minimum atomic E-state index is -3.47. The Labute approximate surface area is 134 Å². The van der Waals surface area contributed by atoms with Crippen LogP contribution in [0.4, 0.5) is 4.39 Å². The summed E-state index contributed by atoms with van der Waals surface area (Å²) in [7, 11) is -3.47. The van der Waals surface area contributed by atoms with Gasteiger partial charge in [-0.1, -0.05) is 11.6 Å². The van der Waals surface area contributed by atoms with Gasteiger partial charge in [-0.15, -0.1) is 0 Å². The molecule has 5 nitrogen and oxygen atoms in total. The van der Waals surface area contributed by atoms with Crippen LogP contribution in [0.1, 0.15) is 31.9 Å². The highest BCUT2D eigenvalue weighted by atomic mass is 32.2. The normalized spacial score (nSPS) is 17.0. The third-order valence-corrected chi connectivity index (χ3v) is 5.65. The van der Waals surface area contributed by atoms with Gasteiger partial charge in [0.05, 0.1) is 0 Å². The number of aromatic nitrogens is 1. The van der Waals surface area contributed by atoms with Crippen molar-refractivity contribution in [3.63, 3.8) is 0 Å². The molecule has 1 fully saturated rings. The highest BCUT2D eigenvalue weighted by molar-refractivity contribution is 7.88. The lowest BCUT2D eigenvalue weighted by molar-refractivity contribution is 0.260. The van der Waals surface area contributed by atoms with E-state index in [0.717, 1.165) is 12.8 Å². The van der Waals surface area contributed by atoms with Gasteiger partial charge in [0.25, 0.3) is 0 Å². The Balaban J connectivity index is 1.66. The van der Waals surface area contributed by atoms with E-state index in [0.29, 0.717) is 17.2 Å². The Kier molecular flexibility index (Phi) is 4.50. The summed E-state index contributed by atoms with van der Waals surface area (Å²) in [6.45, 7) is 1.89. The van der Waals surface area contributed by atoms with Crippen molar-refractivity contribution in [3.8, 4) is 11.3 Å². The quantitative estimate of drug-likeness (QED) is 0.878. The second kappa shape index (κ2) is 6.41. The van der Waals surface area contributed by atoms with Crippen molar-refractivity contribution in [2.24, 2.45) is 5.92 Å². The number of nitrogens with one attached hydrogen (secondary N) is 1. The molecule has 0 amide bonds. The fourth-order valence-corrected chi connectivity index (χ4v) is 4.04. The standard InChI is InChI=1S/C16H19FN2O3S/c1-11(12-3-2-4-12)19-23(20,21)10-15-9-16(18-22-15)13-5-7-14(17)8-6-13/h5-9,11-12,19H,2-4,10H2,1H3. The molecule has 1 N–H and O–H groups in total. The van der Waals surface area contributed by atoms with Gasteiger partial charge in [-0.05, 0) is 49.9 Å². The van der Waals surface area contributed by atoms with Crippen LogP contribution < -0.4 is 4.72 Å². The average molecular weight is 338 g/mol. The second-order valence-electron chi connectivity index (χ2n) is 6.04. The van der Waals surface area contributed by atoms with Crippen molar-refractivity contribution in [3.05, 3.63) is 41.9 Å². The molecule has 1 aromatic heterocycles. The van der Waals surface area contributed by atoms with Crippen LogP contribution in [0.2, 0.25) is 0 Å². The van der Waals surface area contributed by atoms with Gasteiger partial charge in [0.2, 0.25) is 10.0 Å². The fourth-order valence-electron chi connectivity index (χ4n) is 2.69. The minimum absolute atomic E-state index is 0.0618. The van der Waals surface area contributed by atoms with Gasteiger partial charge in [-0.25, -0.2) is 17.5 Å². The van der Waals surface area contributed by atoms with Crippen LogP contribution in [-0.2, 0) is 15.8 Å². The van der Waals surface area contributed by atoms with Gasteiger partial charge in [-0.2, -0.15) is 0 Å². The SMILES string of the molecule is CC(NS(=O)(=O)Cc1cc(-c2ccc(F)cc2)no1)C1CCC1. The summed E-state index contributed by atoms with van der Waals surface area (Å²) >= 11 is 0. The molecule has 0 saturated heterocycles. The van der Waals surface area contributed by atoms with Crippen molar-refractivity contribution in [2.45, 2.75) is 38.0 Å². The molecule has 1 heterocycles. The Morgan fingerprint density at radius 2 is 2.04 bits per heavy atom. The smallest absolute Gasteiger partial charge is 0.219 e. The van der Waals surface area contributed by atoms with Crippen LogP contribution in [0.5, 0.6) is 0 Å². The molecule has 1 aliphatic rings. The van der Waals surface area contributed by atoms with Crippen LogP contribution in [0, 0.1) is 11.7 Å². The minimum Gasteiger partial charge on any atom is -0.360 e. The van der Waals surface area contributed by atoms with Crippen LogP contribution in [0.25, 0.3) is 11.3 Å². The number of rotatable bonds is 6. The van der Waals surface area contributed by atoms with E-state index in [-0.39, 0.29) is 23.4 Å². The number of hydrogen-bond acceptors (Lipinski definition) is 4. The number of nitrogens with zero attached hydrogens (tertiary/aromatic N) is 1. The molecule has 23 heavy (non-hydrogen) atoms. The summed E-state index contributed by atoms with van der Waals surface area (Å²) in [6, 6.07) is 7.30. The zero-order valence-electron chi connectivity index (χ0n) is 12.8. The van der Waals surface area contributed by atoms with Crippen molar-refractivity contribution in [2.75, 3.05) is 0 Å². The van der Waals surface area contributed by atoms with E-state index in [4.69, 9.17) is 4.52 Å². The first kappa shape index (κ1) is 16.1. The molecule has 7 heteroatoms. The molecule has 1 unspecified atom stereocenters. The number of benzene rings is 1. The molecule has 0 aliphatic heterocycles. The van der Waals surface area contributed by atoms with E-state index in [2.05, 4.69) is 9.88 Å². The van der Waals surface area contributed by atoms with Gasteiger partial charge in [0.15, 0.2) is 5.76 Å². The lowest BCUT2D eigenvalue weighted by Gasteiger charge is -2.31. The predicted molar refractivity (Wildman–Crippen MR) is 84.5 cm³/mol. The highest BCUT2D eigenvalue weighted by Crippen LogP contribution is 2.30. The van der Waals surface area contributed by atoms with Crippen molar-refractivity contribution < 1.29 is 17.3 Å². The summed E-state index contributed by atoms with van der Waals surface area (Å²) in [5, 5.41) is 3.85. The maximum atomic E-state index is 12.9. The zero-order chi connectivity index (χ0) is 16.4. The Morgan fingerprint density at radius 3 is 2.65 bits per heavy atom. The summed E-state index contributed by atoms with van der Waals surface area (Å²) in [5.74, 6) is 0.0965. The molecule has 124 valence electrons. The lowest BCUT2D eigenvalue weighted by Crippen LogP contribution is -2.41. The van der Waals surface area contributed by atoms with Crippen molar-refractivity contribution in [1.82, 2.24) is 9.88 Å². The van der Waals surface area contributed by atoms with Crippen LogP contribution in [0.15, 0.2) is 34.9 Å². The summed E-state index contributed by atoms with van der Waals surface area (Å²) in [4.78, 5) is 0. The lowest BCUT2D eigenvalue weighted by atomic mass is 9.81. The molecule has 1 atom stereocenters. The third kappa shape index (κ3) is 3.97. The first-order valence-corrected chi connectivity index (χ1v) is 9.30. The molecule has 2 aromatic rings. The van der Waals surface area contributed by atoms with Crippen molar-refractivity contribution >= 4 is 10.0 Å². The van der Waals surface area contributed by atoms with E-state index in [1.54, 1.807) is 18.2 Å². The van der Waals surface area contributed by atoms with Gasteiger partial charge in [-0.3, -0.25) is 0 Å². The van der Waals surface area contributed by atoms with Crippen molar-refractivity contribution in [1.29, 1.82) is 0 Å². The van der Waals surface area contributed by atoms with Crippen LogP contribution in [0.3, 0.4) is 0 Å². The summed E-state index contributed by atoms with van der Waals surface area (Å²) in [6.07, 6.45) is 3.31. The van der Waals surface area contributed by atoms with E-state index in [9.17, 15) is 12.8 Å². The molecular formula is C16H19FN2O3S. The van der Waals surface area contributed by atoms with Gasteiger partial charge >= 0.3 is 0 Å². The molecule has 0 bridgehead atoms. The largest absolute Gasteiger partial charge is 0.360 e. The number of sulfonamides is 1. The molecule has 3 rings (SSSR count). The molecule has 1 aromatic carbocycles. The van der Waals surface area contributed by atoms with E-state index in [1.807, 2.05) is 6.92 Å². The van der Waals surface area contributed by atoms with Gasteiger partial charge < -0.3 is 4.52 Å². The zero-order valence-corrected chi connectivity index (χ0v) is 13.6.